The van der Waals surface area contributed by atoms with Crippen molar-refractivity contribution in [2.24, 2.45) is 0 Å². The van der Waals surface area contributed by atoms with Gasteiger partial charge in [-0.05, 0) is 96.3 Å². The van der Waals surface area contributed by atoms with E-state index in [9.17, 15) is 14.4 Å². The third-order valence-corrected chi connectivity index (χ3v) is 14.8. The fourth-order valence-electron chi connectivity index (χ4n) is 9.77. The Balaban J connectivity index is 4.10. The van der Waals surface area contributed by atoms with Crippen molar-refractivity contribution in [3.05, 3.63) is 48.6 Å². The number of rotatable bonds is 61. The van der Waals surface area contributed by atoms with Gasteiger partial charge in [0.15, 0.2) is 6.10 Å². The summed E-state index contributed by atoms with van der Waals surface area (Å²) < 4.78 is 16.9. The van der Waals surface area contributed by atoms with Crippen LogP contribution in [-0.2, 0) is 28.6 Å². The maximum absolute atomic E-state index is 12.8. The van der Waals surface area contributed by atoms with E-state index in [0.29, 0.717) is 19.3 Å². The average Bonchev–Trinajstić information content (AvgIpc) is 3.41. The summed E-state index contributed by atoms with van der Waals surface area (Å²) in [6.07, 6.45) is 80.0. The van der Waals surface area contributed by atoms with Crippen molar-refractivity contribution >= 4 is 17.9 Å². The van der Waals surface area contributed by atoms with Crippen LogP contribution >= 0.6 is 0 Å². The van der Waals surface area contributed by atoms with Gasteiger partial charge in [-0.3, -0.25) is 14.4 Å². The van der Waals surface area contributed by atoms with Gasteiger partial charge in [0.05, 0.1) is 0 Å². The highest BCUT2D eigenvalue weighted by molar-refractivity contribution is 5.71. The first-order chi connectivity index (χ1) is 37.0. The molecule has 0 amide bonds. The molecule has 0 radical (unpaired) electrons. The number of unbranched alkanes of at least 4 members (excludes halogenated alkanes) is 42. The summed E-state index contributed by atoms with van der Waals surface area (Å²) in [7, 11) is 0. The van der Waals surface area contributed by atoms with Gasteiger partial charge in [-0.15, -0.1) is 0 Å². The summed E-state index contributed by atoms with van der Waals surface area (Å²) in [5.74, 6) is -0.885. The van der Waals surface area contributed by atoms with E-state index in [4.69, 9.17) is 14.2 Å². The Kier molecular flexibility index (Phi) is 61.7. The van der Waals surface area contributed by atoms with Gasteiger partial charge in [0.25, 0.3) is 0 Å². The molecule has 0 aliphatic heterocycles. The van der Waals surface area contributed by atoms with E-state index in [1.807, 2.05) is 0 Å². The molecule has 0 saturated heterocycles. The van der Waals surface area contributed by atoms with Gasteiger partial charge in [0, 0.05) is 19.3 Å². The van der Waals surface area contributed by atoms with Gasteiger partial charge in [-0.25, -0.2) is 0 Å². The highest BCUT2D eigenvalue weighted by Gasteiger charge is 2.19. The predicted molar refractivity (Wildman–Crippen MR) is 325 cm³/mol. The second kappa shape index (κ2) is 63.9. The molecule has 0 aromatic rings. The second-order valence-corrected chi connectivity index (χ2v) is 22.4. The van der Waals surface area contributed by atoms with E-state index >= 15 is 0 Å². The van der Waals surface area contributed by atoms with Gasteiger partial charge in [0.1, 0.15) is 13.2 Å². The Morgan fingerprint density at radius 1 is 0.267 bits per heavy atom. The van der Waals surface area contributed by atoms with E-state index in [-0.39, 0.29) is 31.1 Å². The average molecular weight is 1050 g/mol. The quantitative estimate of drug-likeness (QED) is 0.0261. The van der Waals surface area contributed by atoms with Crippen molar-refractivity contribution < 1.29 is 28.6 Å². The molecular formula is C69H126O6. The van der Waals surface area contributed by atoms with Crippen molar-refractivity contribution in [3.8, 4) is 0 Å². The smallest absolute Gasteiger partial charge is 0.306 e. The highest BCUT2D eigenvalue weighted by atomic mass is 16.6. The first kappa shape index (κ1) is 72.4. The summed E-state index contributed by atoms with van der Waals surface area (Å²) in [5, 5.41) is 0. The zero-order valence-electron chi connectivity index (χ0n) is 50.3. The van der Waals surface area contributed by atoms with Crippen LogP contribution in [0.2, 0.25) is 0 Å². The summed E-state index contributed by atoms with van der Waals surface area (Å²) in [5.41, 5.74) is 0. The lowest BCUT2D eigenvalue weighted by atomic mass is 10.0. The van der Waals surface area contributed by atoms with Crippen LogP contribution in [0.15, 0.2) is 48.6 Å². The van der Waals surface area contributed by atoms with Crippen molar-refractivity contribution in [1.82, 2.24) is 0 Å². The lowest BCUT2D eigenvalue weighted by molar-refractivity contribution is -0.167. The van der Waals surface area contributed by atoms with Gasteiger partial charge in [-0.2, -0.15) is 0 Å². The van der Waals surface area contributed by atoms with E-state index in [1.165, 1.54) is 218 Å². The van der Waals surface area contributed by atoms with Crippen LogP contribution in [0, 0.1) is 0 Å². The van der Waals surface area contributed by atoms with Crippen LogP contribution in [0.25, 0.3) is 0 Å². The molecule has 6 nitrogen and oxygen atoms in total. The number of ether oxygens (including phenoxy) is 3. The minimum atomic E-state index is -0.782. The third kappa shape index (κ3) is 62.1. The van der Waals surface area contributed by atoms with E-state index in [0.717, 1.165) is 96.3 Å². The Morgan fingerprint density at radius 3 is 0.813 bits per heavy atom. The Labute approximate surface area is 467 Å². The minimum absolute atomic E-state index is 0.0784. The first-order valence-corrected chi connectivity index (χ1v) is 33.1. The molecule has 0 saturated carbocycles. The van der Waals surface area contributed by atoms with E-state index in [2.05, 4.69) is 69.4 Å². The number of carbonyl (C=O) groups excluding carboxylic acids is 3. The van der Waals surface area contributed by atoms with Crippen molar-refractivity contribution in [1.29, 1.82) is 0 Å². The molecule has 6 heteroatoms. The van der Waals surface area contributed by atoms with Gasteiger partial charge in [-0.1, -0.05) is 288 Å². The first-order valence-electron chi connectivity index (χ1n) is 33.1. The maximum atomic E-state index is 12.8. The van der Waals surface area contributed by atoms with Crippen LogP contribution in [0.3, 0.4) is 0 Å². The van der Waals surface area contributed by atoms with Crippen molar-refractivity contribution in [3.63, 3.8) is 0 Å². The summed E-state index contributed by atoms with van der Waals surface area (Å²) in [4.78, 5) is 38.2. The topological polar surface area (TPSA) is 78.9 Å². The summed E-state index contributed by atoms with van der Waals surface area (Å²) >= 11 is 0. The molecule has 0 bridgehead atoms. The fourth-order valence-corrected chi connectivity index (χ4v) is 9.77. The molecule has 1 unspecified atom stereocenters. The zero-order chi connectivity index (χ0) is 54.3. The number of esters is 3. The Bertz CT molecular complexity index is 1300. The lowest BCUT2D eigenvalue weighted by Crippen LogP contribution is -2.30. The molecule has 1 atom stereocenters. The monoisotopic (exact) mass is 1050 g/mol. The summed E-state index contributed by atoms with van der Waals surface area (Å²) in [6.45, 7) is 6.58. The highest BCUT2D eigenvalue weighted by Crippen LogP contribution is 2.17. The van der Waals surface area contributed by atoms with Gasteiger partial charge >= 0.3 is 17.9 Å². The van der Waals surface area contributed by atoms with Crippen LogP contribution in [0.5, 0.6) is 0 Å². The Morgan fingerprint density at radius 2 is 0.507 bits per heavy atom. The molecule has 0 heterocycles. The van der Waals surface area contributed by atoms with E-state index in [1.54, 1.807) is 0 Å². The Hall–Kier alpha value is -2.63. The molecule has 0 aliphatic carbocycles. The van der Waals surface area contributed by atoms with Crippen LogP contribution in [0.1, 0.15) is 355 Å². The molecule has 0 aliphatic rings. The largest absolute Gasteiger partial charge is 0.462 e. The minimum Gasteiger partial charge on any atom is -0.462 e. The van der Waals surface area contributed by atoms with Crippen LogP contribution in [-0.4, -0.2) is 37.2 Å². The van der Waals surface area contributed by atoms with Crippen molar-refractivity contribution in [2.45, 2.75) is 361 Å². The summed E-state index contributed by atoms with van der Waals surface area (Å²) in [6, 6.07) is 0. The molecule has 0 aromatic carbocycles. The molecular weight excluding hydrogens is 925 g/mol. The molecule has 0 N–H and O–H groups in total. The van der Waals surface area contributed by atoms with E-state index < -0.39 is 6.10 Å². The fraction of sp³-hybridized carbons (Fsp3) is 0.841. The number of hydrogen-bond donors (Lipinski definition) is 0. The molecule has 438 valence electrons. The van der Waals surface area contributed by atoms with Gasteiger partial charge < -0.3 is 14.2 Å². The molecule has 0 rings (SSSR count). The lowest BCUT2D eigenvalue weighted by Gasteiger charge is -2.18. The zero-order valence-corrected chi connectivity index (χ0v) is 50.3. The predicted octanol–water partition coefficient (Wildman–Crippen LogP) is 22.6. The van der Waals surface area contributed by atoms with Gasteiger partial charge in [0.2, 0.25) is 0 Å². The second-order valence-electron chi connectivity index (χ2n) is 22.4. The number of carbonyl (C=O) groups is 3. The molecule has 75 heavy (non-hydrogen) atoms. The van der Waals surface area contributed by atoms with Crippen molar-refractivity contribution in [2.75, 3.05) is 13.2 Å². The molecule has 0 spiro atoms. The van der Waals surface area contributed by atoms with Crippen LogP contribution in [0.4, 0.5) is 0 Å². The molecule has 0 aromatic heterocycles. The third-order valence-electron chi connectivity index (χ3n) is 14.8. The molecule has 0 fully saturated rings. The normalized spacial score (nSPS) is 12.3. The maximum Gasteiger partial charge on any atom is 0.306 e. The van der Waals surface area contributed by atoms with Crippen LogP contribution < -0.4 is 0 Å². The SMILES string of the molecule is CCC/C=C\C/C=C\CCCCCCCC(=O)OC(COC(=O)CCCCCCC/C=C\CCCCCC)COC(=O)CCCCCCCCCCCCCCCCCCCCC/C=C\CCCCCCCCCC. The number of allylic oxidation sites excluding steroid dienone is 8. The standard InChI is InChI=1S/C69H126O6/c1-4-7-10-13-16-19-22-25-26-27-28-29-30-31-32-33-34-35-36-37-38-39-40-41-42-45-47-50-53-56-59-62-68(71)74-65-66(75-69(72)63-60-57-54-51-48-44-24-21-18-15-12-9-6-3)64-73-67(70)61-58-55-52-49-46-43-23-20-17-14-11-8-5-2/h12,15,20-21,23-24,27-28,66H,4-11,13-14,16-19,22,25-26,29-65H2,1-3H3/b15-12-,23-20-,24-21-,28-27-. The number of hydrogen-bond acceptors (Lipinski definition) is 6.